The van der Waals surface area contributed by atoms with Crippen molar-refractivity contribution in [1.29, 1.82) is 0 Å². The number of carbonyl (C=O) groups excluding carboxylic acids is 1. The van der Waals surface area contributed by atoms with Gasteiger partial charge in [0.2, 0.25) is 0 Å². The lowest BCUT2D eigenvalue weighted by Gasteiger charge is -2.31. The molecule has 0 amide bonds. The van der Waals surface area contributed by atoms with Gasteiger partial charge in [0.1, 0.15) is 0 Å². The number of carbonyl (C=O) groups is 1. The zero-order valence-corrected chi connectivity index (χ0v) is 18.2. The van der Waals surface area contributed by atoms with Gasteiger partial charge in [-0.05, 0) is 50.4 Å². The average Bonchev–Trinajstić information content (AvgIpc) is 3.27. The number of aliphatic hydroxyl groups is 2. The molecule has 0 aromatic carbocycles. The highest BCUT2D eigenvalue weighted by Gasteiger charge is 2.43. The van der Waals surface area contributed by atoms with Gasteiger partial charge in [-0.1, -0.05) is 31.9 Å². The normalized spacial score (nSPS) is 29.0. The van der Waals surface area contributed by atoms with E-state index < -0.39 is 18.0 Å². The maximum Gasteiger partial charge on any atom is 0.305 e. The molecule has 29 heavy (non-hydrogen) atoms. The van der Waals surface area contributed by atoms with Crippen LogP contribution in [0.3, 0.4) is 0 Å². The molecule has 2 rings (SSSR count). The van der Waals surface area contributed by atoms with E-state index in [2.05, 4.69) is 23.8 Å². The van der Waals surface area contributed by atoms with Crippen LogP contribution in [0.2, 0.25) is 0 Å². The van der Waals surface area contributed by atoms with Gasteiger partial charge < -0.3 is 24.4 Å². The van der Waals surface area contributed by atoms with E-state index in [-0.39, 0.29) is 17.8 Å². The maximum absolute atomic E-state index is 11.1. The predicted molar refractivity (Wildman–Crippen MR) is 111 cm³/mol. The third kappa shape index (κ3) is 7.67. The van der Waals surface area contributed by atoms with E-state index >= 15 is 0 Å². The minimum absolute atomic E-state index is 0.0518. The van der Waals surface area contributed by atoms with Crippen molar-refractivity contribution in [3.8, 4) is 0 Å². The molecule has 1 saturated heterocycles. The molecule has 0 radical (unpaired) electrons. The Bertz CT molecular complexity index is 500. The molecule has 0 aromatic rings. The number of allylic oxidation sites excluding steroid dienone is 2. The smallest absolute Gasteiger partial charge is 0.305 e. The fraction of sp³-hybridized carbons (Fsp3) is 0.870. The molecule has 2 N–H and O–H groups in total. The van der Waals surface area contributed by atoms with Gasteiger partial charge in [0.15, 0.2) is 5.79 Å². The SMILES string of the molecule is CCCCCC1(CC[C@@H]2[C@@H](C/C=C\CCCC(=O)OC)[C@@H](O)C[C@H]2O)OCCO1. The maximum atomic E-state index is 11.1. The Kier molecular flexibility index (Phi) is 10.6. The summed E-state index contributed by atoms with van der Waals surface area (Å²) in [5, 5.41) is 21.0. The summed E-state index contributed by atoms with van der Waals surface area (Å²) in [4.78, 5) is 11.1. The molecule has 1 aliphatic carbocycles. The van der Waals surface area contributed by atoms with E-state index in [0.717, 1.165) is 51.4 Å². The lowest BCUT2D eigenvalue weighted by molar-refractivity contribution is -0.171. The molecule has 1 aliphatic heterocycles. The fourth-order valence-electron chi connectivity index (χ4n) is 4.69. The number of ether oxygens (including phenoxy) is 3. The van der Waals surface area contributed by atoms with Gasteiger partial charge in [-0.2, -0.15) is 0 Å². The number of unbranched alkanes of at least 4 members (excludes halogenated alkanes) is 3. The van der Waals surface area contributed by atoms with Gasteiger partial charge >= 0.3 is 5.97 Å². The number of hydrogen-bond acceptors (Lipinski definition) is 6. The molecule has 0 spiro atoms. The Morgan fingerprint density at radius 2 is 1.79 bits per heavy atom. The lowest BCUT2D eigenvalue weighted by Crippen LogP contribution is -2.33. The molecule has 1 saturated carbocycles. The van der Waals surface area contributed by atoms with Crippen LogP contribution >= 0.6 is 0 Å². The van der Waals surface area contributed by atoms with Crippen molar-refractivity contribution in [3.63, 3.8) is 0 Å². The van der Waals surface area contributed by atoms with Crippen LogP contribution in [-0.2, 0) is 19.0 Å². The second-order valence-electron chi connectivity index (χ2n) is 8.48. The Balaban J connectivity index is 1.82. The number of methoxy groups -OCH3 is 1. The molecule has 6 heteroatoms. The summed E-state index contributed by atoms with van der Waals surface area (Å²) in [6.45, 7) is 3.46. The van der Waals surface area contributed by atoms with Crippen molar-refractivity contribution in [2.24, 2.45) is 11.8 Å². The number of aliphatic hydroxyl groups excluding tert-OH is 2. The van der Waals surface area contributed by atoms with E-state index in [1.54, 1.807) is 0 Å². The highest BCUT2D eigenvalue weighted by atomic mass is 16.7. The van der Waals surface area contributed by atoms with Crippen LogP contribution in [0, 0.1) is 11.8 Å². The Labute approximate surface area is 175 Å². The Hall–Kier alpha value is -0.950. The molecule has 2 aliphatic rings. The zero-order chi connectivity index (χ0) is 21.1. The van der Waals surface area contributed by atoms with Crippen molar-refractivity contribution in [2.45, 2.75) is 95.5 Å². The summed E-state index contributed by atoms with van der Waals surface area (Å²) < 4.78 is 16.6. The van der Waals surface area contributed by atoms with Crippen LogP contribution in [0.5, 0.6) is 0 Å². The van der Waals surface area contributed by atoms with Gasteiger partial charge in [0, 0.05) is 19.3 Å². The van der Waals surface area contributed by atoms with E-state index in [0.29, 0.717) is 26.1 Å². The molecule has 0 aromatic heterocycles. The van der Waals surface area contributed by atoms with Crippen LogP contribution in [0.25, 0.3) is 0 Å². The van der Waals surface area contributed by atoms with Crippen molar-refractivity contribution >= 4 is 5.97 Å². The third-order valence-electron chi connectivity index (χ3n) is 6.41. The first kappa shape index (κ1) is 24.3. The van der Waals surface area contributed by atoms with E-state index in [9.17, 15) is 15.0 Å². The zero-order valence-electron chi connectivity index (χ0n) is 18.2. The molecule has 6 nitrogen and oxygen atoms in total. The lowest BCUT2D eigenvalue weighted by atomic mass is 9.85. The van der Waals surface area contributed by atoms with E-state index in [1.165, 1.54) is 13.5 Å². The molecule has 1 heterocycles. The van der Waals surface area contributed by atoms with Crippen molar-refractivity contribution < 1.29 is 29.2 Å². The third-order valence-corrected chi connectivity index (χ3v) is 6.41. The highest BCUT2D eigenvalue weighted by Crippen LogP contribution is 2.41. The van der Waals surface area contributed by atoms with Gasteiger partial charge in [0.25, 0.3) is 0 Å². The van der Waals surface area contributed by atoms with Gasteiger partial charge in [-0.15, -0.1) is 0 Å². The first-order valence-corrected chi connectivity index (χ1v) is 11.4. The molecule has 168 valence electrons. The standard InChI is InChI=1S/C23H40O6/c1-3-4-9-13-23(28-15-16-29-23)14-12-19-18(20(24)17-21(19)25)10-7-5-6-8-11-22(26)27-2/h5,7,18-21,24-25H,3-4,6,8-17H2,1-2H3/b7-5-/t18-,19-,20+,21-/m1/s1. The van der Waals surface area contributed by atoms with Crippen LogP contribution < -0.4 is 0 Å². The van der Waals surface area contributed by atoms with Crippen LogP contribution in [0.15, 0.2) is 12.2 Å². The summed E-state index contributed by atoms with van der Waals surface area (Å²) in [5.74, 6) is -0.579. The largest absolute Gasteiger partial charge is 0.469 e. The summed E-state index contributed by atoms with van der Waals surface area (Å²) in [6.07, 6.45) is 12.3. The average molecular weight is 413 g/mol. The molecule has 2 fully saturated rings. The van der Waals surface area contributed by atoms with Gasteiger partial charge in [0.05, 0.1) is 32.5 Å². The topological polar surface area (TPSA) is 85.2 Å². The summed E-state index contributed by atoms with van der Waals surface area (Å²) in [7, 11) is 1.40. The quantitative estimate of drug-likeness (QED) is 0.272. The van der Waals surface area contributed by atoms with Crippen LogP contribution in [0.4, 0.5) is 0 Å². The second-order valence-corrected chi connectivity index (χ2v) is 8.48. The number of rotatable bonds is 13. The van der Waals surface area contributed by atoms with Crippen molar-refractivity contribution in [3.05, 3.63) is 12.2 Å². The second kappa shape index (κ2) is 12.7. The summed E-state index contributed by atoms with van der Waals surface area (Å²) >= 11 is 0. The number of hydrogen-bond donors (Lipinski definition) is 2. The fourth-order valence-corrected chi connectivity index (χ4v) is 4.69. The minimum atomic E-state index is -0.503. The monoisotopic (exact) mass is 412 g/mol. The first-order chi connectivity index (χ1) is 14.0. The highest BCUT2D eigenvalue weighted by molar-refractivity contribution is 5.69. The van der Waals surface area contributed by atoms with Gasteiger partial charge in [-0.25, -0.2) is 0 Å². The molecular weight excluding hydrogens is 372 g/mol. The van der Waals surface area contributed by atoms with E-state index in [1.807, 2.05) is 0 Å². The van der Waals surface area contributed by atoms with Crippen molar-refractivity contribution in [1.82, 2.24) is 0 Å². The van der Waals surface area contributed by atoms with Crippen LogP contribution in [-0.4, -0.2) is 54.5 Å². The number of esters is 1. The molecule has 0 unspecified atom stereocenters. The molecular formula is C23H40O6. The van der Waals surface area contributed by atoms with E-state index in [4.69, 9.17) is 9.47 Å². The molecule has 4 atom stereocenters. The Morgan fingerprint density at radius 1 is 1.07 bits per heavy atom. The van der Waals surface area contributed by atoms with Crippen molar-refractivity contribution in [2.75, 3.05) is 20.3 Å². The first-order valence-electron chi connectivity index (χ1n) is 11.4. The predicted octanol–water partition coefficient (Wildman–Crippen LogP) is 3.74. The summed E-state index contributed by atoms with van der Waals surface area (Å²) in [6, 6.07) is 0. The summed E-state index contributed by atoms with van der Waals surface area (Å²) in [5.41, 5.74) is 0. The molecule has 0 bridgehead atoms. The van der Waals surface area contributed by atoms with Crippen LogP contribution in [0.1, 0.15) is 77.6 Å². The van der Waals surface area contributed by atoms with Gasteiger partial charge in [-0.3, -0.25) is 4.79 Å². The minimum Gasteiger partial charge on any atom is -0.469 e. The Morgan fingerprint density at radius 3 is 2.48 bits per heavy atom.